The minimum Gasteiger partial charge on any atom is -0.481 e. The van der Waals surface area contributed by atoms with Gasteiger partial charge in [0, 0.05) is 33.1 Å². The van der Waals surface area contributed by atoms with Gasteiger partial charge in [-0.15, -0.1) is 0 Å². The van der Waals surface area contributed by atoms with Crippen LogP contribution in [0.3, 0.4) is 0 Å². The van der Waals surface area contributed by atoms with Gasteiger partial charge in [-0.25, -0.2) is 0 Å². The molecule has 0 spiro atoms. The summed E-state index contributed by atoms with van der Waals surface area (Å²) in [6.45, 7) is 8.24. The Kier molecular flexibility index (Phi) is 4.55. The monoisotopic (exact) mass is 270 g/mol. The number of hydrogen-bond acceptors (Lipinski definition) is 3. The van der Waals surface area contributed by atoms with E-state index in [0.717, 1.165) is 0 Å². The van der Waals surface area contributed by atoms with E-state index in [0.29, 0.717) is 26.2 Å². The molecule has 1 unspecified atom stereocenters. The van der Waals surface area contributed by atoms with Crippen LogP contribution in [-0.4, -0.2) is 58.9 Å². The average molecular weight is 270 g/mol. The predicted octanol–water partition coefficient (Wildman–Crippen LogP) is 0.424. The van der Waals surface area contributed by atoms with E-state index in [2.05, 4.69) is 0 Å². The van der Waals surface area contributed by atoms with Gasteiger partial charge in [-0.3, -0.25) is 14.4 Å². The summed E-state index contributed by atoms with van der Waals surface area (Å²) in [6.07, 6.45) is 0. The maximum atomic E-state index is 12.3. The molecule has 1 aliphatic rings. The molecule has 0 saturated carbocycles. The van der Waals surface area contributed by atoms with Crippen molar-refractivity contribution in [2.45, 2.75) is 27.7 Å². The van der Waals surface area contributed by atoms with Gasteiger partial charge in [0.15, 0.2) is 0 Å². The summed E-state index contributed by atoms with van der Waals surface area (Å²) in [5.74, 6) is -1.72. The second kappa shape index (κ2) is 5.59. The molecular formula is C13H22N2O4. The second-order valence-corrected chi connectivity index (χ2v) is 5.58. The van der Waals surface area contributed by atoms with Gasteiger partial charge < -0.3 is 14.9 Å². The molecule has 19 heavy (non-hydrogen) atoms. The zero-order valence-electron chi connectivity index (χ0n) is 12.0. The van der Waals surface area contributed by atoms with Crippen LogP contribution < -0.4 is 0 Å². The molecule has 1 saturated heterocycles. The Balaban J connectivity index is 2.65. The lowest BCUT2D eigenvalue weighted by Gasteiger charge is -2.37. The Morgan fingerprint density at radius 3 is 1.84 bits per heavy atom. The topological polar surface area (TPSA) is 77.9 Å². The summed E-state index contributed by atoms with van der Waals surface area (Å²) in [7, 11) is 0. The molecule has 0 aliphatic carbocycles. The molecule has 0 radical (unpaired) electrons. The first-order valence-electron chi connectivity index (χ1n) is 6.45. The molecule has 108 valence electrons. The van der Waals surface area contributed by atoms with Crippen LogP contribution in [0.4, 0.5) is 0 Å². The zero-order chi connectivity index (χ0) is 14.8. The van der Waals surface area contributed by atoms with Crippen molar-refractivity contribution < 1.29 is 19.5 Å². The highest BCUT2D eigenvalue weighted by atomic mass is 16.4. The van der Waals surface area contributed by atoms with E-state index in [1.807, 2.05) is 0 Å². The number of carbonyl (C=O) groups is 3. The molecule has 1 N–H and O–H groups in total. The van der Waals surface area contributed by atoms with Crippen LogP contribution in [0.5, 0.6) is 0 Å². The van der Waals surface area contributed by atoms with E-state index in [1.165, 1.54) is 6.92 Å². The van der Waals surface area contributed by atoms with E-state index in [-0.39, 0.29) is 11.8 Å². The molecule has 0 aromatic carbocycles. The summed E-state index contributed by atoms with van der Waals surface area (Å²) >= 11 is 0. The lowest BCUT2D eigenvalue weighted by atomic mass is 9.79. The van der Waals surface area contributed by atoms with Gasteiger partial charge in [-0.1, -0.05) is 6.92 Å². The van der Waals surface area contributed by atoms with E-state index in [1.54, 1.807) is 30.6 Å². The molecule has 6 heteroatoms. The molecule has 1 rings (SSSR count). The number of rotatable bonds is 3. The average Bonchev–Trinajstić information content (AvgIpc) is 2.36. The number of carboxylic acid groups (broad SMARTS) is 1. The normalized spacial score (nSPS) is 18.1. The Bertz CT molecular complexity index is 384. The number of piperazine rings is 1. The van der Waals surface area contributed by atoms with Crippen LogP contribution >= 0.6 is 0 Å². The molecule has 1 fully saturated rings. The highest BCUT2D eigenvalue weighted by Crippen LogP contribution is 2.28. The molecule has 1 atom stereocenters. The van der Waals surface area contributed by atoms with Gasteiger partial charge in [0.2, 0.25) is 11.8 Å². The van der Waals surface area contributed by atoms with E-state index >= 15 is 0 Å². The molecule has 1 heterocycles. The Hall–Kier alpha value is -1.59. The van der Waals surface area contributed by atoms with Gasteiger partial charge >= 0.3 is 5.97 Å². The van der Waals surface area contributed by atoms with Gasteiger partial charge in [0.05, 0.1) is 11.3 Å². The molecule has 6 nitrogen and oxygen atoms in total. The molecule has 1 aliphatic heterocycles. The smallest absolute Gasteiger partial charge is 0.309 e. The van der Waals surface area contributed by atoms with Crippen LogP contribution in [-0.2, 0) is 14.4 Å². The number of carbonyl (C=O) groups excluding carboxylic acids is 2. The van der Waals surface area contributed by atoms with Crippen molar-refractivity contribution in [3.8, 4) is 0 Å². The summed E-state index contributed by atoms with van der Waals surface area (Å²) in [4.78, 5) is 38.0. The second-order valence-electron chi connectivity index (χ2n) is 5.58. The van der Waals surface area contributed by atoms with Crippen molar-refractivity contribution in [3.05, 3.63) is 0 Å². The SMILES string of the molecule is CC(=O)N1CCN(C(=O)C(C)C(C)(C)C(=O)O)CC1. The molecule has 0 aromatic rings. The molecular weight excluding hydrogens is 248 g/mol. The molecule has 0 aromatic heterocycles. The first-order valence-corrected chi connectivity index (χ1v) is 6.45. The summed E-state index contributed by atoms with van der Waals surface area (Å²) in [6, 6.07) is 0. The first-order chi connectivity index (χ1) is 8.67. The first kappa shape index (κ1) is 15.5. The van der Waals surface area contributed by atoms with Crippen LogP contribution in [0.1, 0.15) is 27.7 Å². The number of carboxylic acids is 1. The van der Waals surface area contributed by atoms with Crippen LogP contribution in [0.15, 0.2) is 0 Å². The highest BCUT2D eigenvalue weighted by molar-refractivity contribution is 5.86. The number of hydrogen-bond donors (Lipinski definition) is 1. The van der Waals surface area contributed by atoms with Crippen molar-refractivity contribution in [2.24, 2.45) is 11.3 Å². The highest BCUT2D eigenvalue weighted by Gasteiger charge is 2.40. The third kappa shape index (κ3) is 3.24. The number of aliphatic carboxylic acids is 1. The zero-order valence-corrected chi connectivity index (χ0v) is 12.0. The van der Waals surface area contributed by atoms with Gasteiger partial charge in [0.25, 0.3) is 0 Å². The maximum absolute atomic E-state index is 12.3. The minimum atomic E-state index is -1.09. The summed E-state index contributed by atoms with van der Waals surface area (Å²) < 4.78 is 0. The maximum Gasteiger partial charge on any atom is 0.309 e. The van der Waals surface area contributed by atoms with Crippen molar-refractivity contribution in [1.29, 1.82) is 0 Å². The van der Waals surface area contributed by atoms with Crippen molar-refractivity contribution in [2.75, 3.05) is 26.2 Å². The van der Waals surface area contributed by atoms with E-state index in [9.17, 15) is 14.4 Å². The van der Waals surface area contributed by atoms with Crippen LogP contribution in [0, 0.1) is 11.3 Å². The van der Waals surface area contributed by atoms with Gasteiger partial charge in [-0.2, -0.15) is 0 Å². The fourth-order valence-corrected chi connectivity index (χ4v) is 2.01. The number of amides is 2. The van der Waals surface area contributed by atoms with Gasteiger partial charge in [-0.05, 0) is 13.8 Å². The predicted molar refractivity (Wildman–Crippen MR) is 69.4 cm³/mol. The van der Waals surface area contributed by atoms with Crippen molar-refractivity contribution >= 4 is 17.8 Å². The van der Waals surface area contributed by atoms with Crippen LogP contribution in [0.2, 0.25) is 0 Å². The standard InChI is InChI=1S/C13H22N2O4/c1-9(13(3,4)12(18)19)11(17)15-7-5-14(6-8-15)10(2)16/h9H,5-8H2,1-4H3,(H,18,19). The van der Waals surface area contributed by atoms with Gasteiger partial charge in [0.1, 0.15) is 0 Å². The van der Waals surface area contributed by atoms with Crippen molar-refractivity contribution in [3.63, 3.8) is 0 Å². The lowest BCUT2D eigenvalue weighted by molar-refractivity contribution is -0.157. The third-order valence-electron chi connectivity index (χ3n) is 4.04. The third-order valence-corrected chi connectivity index (χ3v) is 4.04. The minimum absolute atomic E-state index is 0.00557. The fraction of sp³-hybridized carbons (Fsp3) is 0.769. The fourth-order valence-electron chi connectivity index (χ4n) is 2.01. The Morgan fingerprint density at radius 2 is 1.47 bits per heavy atom. The van der Waals surface area contributed by atoms with Crippen LogP contribution in [0.25, 0.3) is 0 Å². The molecule has 0 bridgehead atoms. The van der Waals surface area contributed by atoms with E-state index in [4.69, 9.17) is 5.11 Å². The Labute approximate surface area is 113 Å². The van der Waals surface area contributed by atoms with Crippen molar-refractivity contribution in [1.82, 2.24) is 9.80 Å². The Morgan fingerprint density at radius 1 is 1.05 bits per heavy atom. The van der Waals surface area contributed by atoms with E-state index < -0.39 is 17.3 Å². The number of nitrogens with zero attached hydrogens (tertiary/aromatic N) is 2. The molecule has 2 amide bonds. The summed E-state index contributed by atoms with van der Waals surface area (Å²) in [5, 5.41) is 9.15. The lowest BCUT2D eigenvalue weighted by Crippen LogP contribution is -2.53. The summed E-state index contributed by atoms with van der Waals surface area (Å²) in [5.41, 5.74) is -1.09. The quantitative estimate of drug-likeness (QED) is 0.806. The largest absolute Gasteiger partial charge is 0.481 e.